The van der Waals surface area contributed by atoms with E-state index >= 15 is 0 Å². The van der Waals surface area contributed by atoms with E-state index in [1.165, 1.54) is 5.56 Å². The fourth-order valence-electron chi connectivity index (χ4n) is 3.22. The van der Waals surface area contributed by atoms with E-state index in [4.69, 9.17) is 20.9 Å². The second kappa shape index (κ2) is 5.83. The molecule has 22 heavy (non-hydrogen) atoms. The average molecular weight is 322 g/mol. The topological polar surface area (TPSA) is 30.5 Å². The zero-order valence-corrected chi connectivity index (χ0v) is 14.7. The smallest absolute Gasteiger partial charge is 0.399 e. The maximum absolute atomic E-state index is 6.26. The molecule has 0 amide bonds. The first-order chi connectivity index (χ1) is 10.3. The third-order valence-electron chi connectivity index (χ3n) is 5.33. The summed E-state index contributed by atoms with van der Waals surface area (Å²) < 4.78 is 12.5. The number of hydrogen-bond acceptors (Lipinski definition) is 3. The quantitative estimate of drug-likeness (QED) is 0.849. The van der Waals surface area contributed by atoms with E-state index in [0.717, 1.165) is 36.4 Å². The Bertz CT molecular complexity index is 540. The van der Waals surface area contributed by atoms with E-state index in [-0.39, 0.29) is 18.3 Å². The van der Waals surface area contributed by atoms with Crippen LogP contribution in [0.3, 0.4) is 0 Å². The molecule has 2 heterocycles. The summed E-state index contributed by atoms with van der Waals surface area (Å²) in [5.41, 5.74) is 1.79. The monoisotopic (exact) mass is 321 g/mol. The molecule has 1 aromatic carbocycles. The van der Waals surface area contributed by atoms with Crippen LogP contribution in [0, 0.1) is 0 Å². The van der Waals surface area contributed by atoms with Gasteiger partial charge >= 0.3 is 7.12 Å². The van der Waals surface area contributed by atoms with Gasteiger partial charge in [-0.3, -0.25) is 0 Å². The minimum Gasteiger partial charge on any atom is -0.399 e. The summed E-state index contributed by atoms with van der Waals surface area (Å²) in [5.74, 6) is 0.522. The molecule has 2 aliphatic heterocycles. The van der Waals surface area contributed by atoms with Crippen molar-refractivity contribution in [2.45, 2.75) is 57.7 Å². The van der Waals surface area contributed by atoms with Crippen molar-refractivity contribution in [3.63, 3.8) is 0 Å². The lowest BCUT2D eigenvalue weighted by Crippen LogP contribution is -2.41. The Hall–Kier alpha value is -0.545. The molecule has 3 rings (SSSR count). The van der Waals surface area contributed by atoms with Gasteiger partial charge in [-0.25, -0.2) is 0 Å². The van der Waals surface area contributed by atoms with Crippen molar-refractivity contribution in [1.82, 2.24) is 5.32 Å². The highest BCUT2D eigenvalue weighted by atomic mass is 35.5. The van der Waals surface area contributed by atoms with Crippen molar-refractivity contribution in [2.75, 3.05) is 13.1 Å². The van der Waals surface area contributed by atoms with Gasteiger partial charge in [-0.05, 0) is 82.7 Å². The summed E-state index contributed by atoms with van der Waals surface area (Å²) in [6.07, 6.45) is 2.26. The van der Waals surface area contributed by atoms with Gasteiger partial charge in [-0.2, -0.15) is 0 Å². The van der Waals surface area contributed by atoms with E-state index in [9.17, 15) is 0 Å². The van der Waals surface area contributed by atoms with E-state index < -0.39 is 0 Å². The molecule has 0 radical (unpaired) electrons. The van der Waals surface area contributed by atoms with Crippen LogP contribution < -0.4 is 10.8 Å². The second-order valence-corrected chi connectivity index (χ2v) is 7.82. The van der Waals surface area contributed by atoms with Gasteiger partial charge in [0.05, 0.1) is 11.2 Å². The van der Waals surface area contributed by atoms with Gasteiger partial charge < -0.3 is 14.6 Å². The maximum Gasteiger partial charge on any atom is 0.495 e. The summed E-state index contributed by atoms with van der Waals surface area (Å²) in [6, 6.07) is 6.10. The Morgan fingerprint density at radius 2 is 1.68 bits per heavy atom. The van der Waals surface area contributed by atoms with Gasteiger partial charge in [0.2, 0.25) is 0 Å². The summed E-state index contributed by atoms with van der Waals surface area (Å²) in [4.78, 5) is 0. The van der Waals surface area contributed by atoms with Crippen molar-refractivity contribution in [3.05, 3.63) is 28.8 Å². The summed E-state index contributed by atoms with van der Waals surface area (Å²) in [6.45, 7) is 10.5. The second-order valence-electron chi connectivity index (χ2n) is 7.39. The molecule has 0 saturated carbocycles. The van der Waals surface area contributed by atoms with Crippen molar-refractivity contribution in [1.29, 1.82) is 0 Å². The molecule has 1 N–H and O–H groups in total. The number of hydrogen-bond donors (Lipinski definition) is 1. The van der Waals surface area contributed by atoms with Crippen molar-refractivity contribution in [2.24, 2.45) is 0 Å². The van der Waals surface area contributed by atoms with Gasteiger partial charge in [-0.15, -0.1) is 0 Å². The molecule has 0 bridgehead atoms. The third-order valence-corrected chi connectivity index (χ3v) is 5.57. The molecule has 2 aliphatic rings. The molecule has 3 nitrogen and oxygen atoms in total. The van der Waals surface area contributed by atoms with E-state index in [1.54, 1.807) is 0 Å². The van der Waals surface area contributed by atoms with Crippen LogP contribution in [0.4, 0.5) is 0 Å². The highest BCUT2D eigenvalue weighted by molar-refractivity contribution is 6.62. The lowest BCUT2D eigenvalue weighted by Gasteiger charge is -2.32. The highest BCUT2D eigenvalue weighted by Crippen LogP contribution is 2.37. The minimum absolute atomic E-state index is 0.313. The first-order valence-electron chi connectivity index (χ1n) is 8.16. The van der Waals surface area contributed by atoms with Gasteiger partial charge in [0.25, 0.3) is 0 Å². The van der Waals surface area contributed by atoms with Crippen LogP contribution in [0.25, 0.3) is 0 Å². The molecule has 1 aromatic rings. The third kappa shape index (κ3) is 2.94. The van der Waals surface area contributed by atoms with Gasteiger partial charge in [0, 0.05) is 5.02 Å². The van der Waals surface area contributed by atoms with E-state index in [2.05, 4.69) is 45.1 Å². The average Bonchev–Trinajstić information content (AvgIpc) is 2.68. The first kappa shape index (κ1) is 16.3. The zero-order valence-electron chi connectivity index (χ0n) is 13.9. The molecule has 5 heteroatoms. The summed E-state index contributed by atoms with van der Waals surface area (Å²) in [7, 11) is -0.313. The highest BCUT2D eigenvalue weighted by Gasteiger charge is 2.52. The van der Waals surface area contributed by atoms with Crippen LogP contribution in [0.15, 0.2) is 18.2 Å². The van der Waals surface area contributed by atoms with Crippen molar-refractivity contribution < 1.29 is 9.31 Å². The minimum atomic E-state index is -0.317. The van der Waals surface area contributed by atoms with Crippen LogP contribution in [0.1, 0.15) is 52.0 Å². The predicted octanol–water partition coefficient (Wildman–Crippen LogP) is 3.11. The van der Waals surface area contributed by atoms with Crippen LogP contribution in [0.2, 0.25) is 5.02 Å². The lowest BCUT2D eigenvalue weighted by atomic mass is 9.71. The molecule has 120 valence electrons. The Labute approximate surface area is 138 Å². The van der Waals surface area contributed by atoms with Gasteiger partial charge in [-0.1, -0.05) is 17.7 Å². The fourth-order valence-corrected chi connectivity index (χ4v) is 3.40. The Balaban J connectivity index is 1.94. The molecule has 0 atom stereocenters. The summed E-state index contributed by atoms with van der Waals surface area (Å²) in [5, 5.41) is 4.20. The normalized spacial score (nSPS) is 24.7. The van der Waals surface area contributed by atoms with Crippen LogP contribution in [0.5, 0.6) is 0 Å². The molecule has 2 saturated heterocycles. The first-order valence-corrected chi connectivity index (χ1v) is 8.54. The van der Waals surface area contributed by atoms with Gasteiger partial charge in [0.1, 0.15) is 0 Å². The lowest BCUT2D eigenvalue weighted by molar-refractivity contribution is 0.00578. The van der Waals surface area contributed by atoms with Crippen LogP contribution in [-0.2, 0) is 9.31 Å². The Kier molecular flexibility index (Phi) is 4.32. The number of nitrogens with one attached hydrogen (secondary N) is 1. The molecular weight excluding hydrogens is 296 g/mol. The number of rotatable bonds is 2. The standard InChI is InChI=1S/C17H25BClNO2/c1-16(2)17(3,4)22-18(21-16)15-6-5-13(19)11-14(15)12-7-9-20-10-8-12/h5-6,11-12,20H,7-10H2,1-4H3. The molecule has 0 aliphatic carbocycles. The number of piperidine rings is 1. The van der Waals surface area contributed by atoms with Crippen LogP contribution in [-0.4, -0.2) is 31.4 Å². The van der Waals surface area contributed by atoms with E-state index in [0.29, 0.717) is 5.92 Å². The van der Waals surface area contributed by atoms with Gasteiger partial charge in [0.15, 0.2) is 0 Å². The van der Waals surface area contributed by atoms with Crippen molar-refractivity contribution >= 4 is 24.2 Å². The zero-order chi connectivity index (χ0) is 16.0. The Morgan fingerprint density at radius 3 is 2.27 bits per heavy atom. The van der Waals surface area contributed by atoms with Crippen molar-refractivity contribution in [3.8, 4) is 0 Å². The fraction of sp³-hybridized carbons (Fsp3) is 0.647. The molecule has 2 fully saturated rings. The predicted molar refractivity (Wildman–Crippen MR) is 92.0 cm³/mol. The van der Waals surface area contributed by atoms with Crippen LogP contribution >= 0.6 is 11.6 Å². The molecule has 0 aromatic heterocycles. The molecular formula is C17H25BClNO2. The Morgan fingerprint density at radius 1 is 1.09 bits per heavy atom. The molecule has 0 spiro atoms. The van der Waals surface area contributed by atoms with E-state index in [1.807, 2.05) is 6.07 Å². The number of benzene rings is 1. The molecule has 0 unspecified atom stereocenters. The summed E-state index contributed by atoms with van der Waals surface area (Å²) >= 11 is 6.26. The number of halogens is 1. The maximum atomic E-state index is 6.26. The SMILES string of the molecule is CC1(C)OB(c2ccc(Cl)cc2C2CCNCC2)OC1(C)C. The largest absolute Gasteiger partial charge is 0.495 e.